The number of ether oxygens (including phenoxy) is 2. The molecule has 2 aromatic heterocycles. The standard InChI is InChI=1S/C26H27N3O3S/c1-5-14-32-26(30)19-8-7-9-20(15-19)29-24-23-22(16(3)33-25(23)28-17(4)27-24)18-10-12-21(13-11-18)31-6-2/h7-13,15H,5-6,14H2,1-4H3,(H,27,28,29). The number of hydrogen-bond donors (Lipinski definition) is 1. The summed E-state index contributed by atoms with van der Waals surface area (Å²) >= 11 is 1.65. The Morgan fingerprint density at radius 3 is 2.58 bits per heavy atom. The number of carbonyl (C=O) groups excluding carboxylic acids is 1. The number of aromatic nitrogens is 2. The number of anilines is 2. The molecule has 0 radical (unpaired) electrons. The molecule has 4 aromatic rings. The molecule has 4 rings (SSSR count). The van der Waals surface area contributed by atoms with Crippen LogP contribution < -0.4 is 10.1 Å². The van der Waals surface area contributed by atoms with E-state index in [0.717, 1.165) is 44.1 Å². The molecule has 170 valence electrons. The minimum Gasteiger partial charge on any atom is -0.494 e. The van der Waals surface area contributed by atoms with Gasteiger partial charge in [0.2, 0.25) is 0 Å². The van der Waals surface area contributed by atoms with Gasteiger partial charge in [0.05, 0.1) is 24.2 Å². The molecule has 7 heteroatoms. The highest BCUT2D eigenvalue weighted by atomic mass is 32.1. The van der Waals surface area contributed by atoms with Crippen molar-refractivity contribution in [1.82, 2.24) is 9.97 Å². The van der Waals surface area contributed by atoms with Crippen molar-refractivity contribution in [1.29, 1.82) is 0 Å². The third-order valence-electron chi connectivity index (χ3n) is 5.09. The molecule has 1 N–H and O–H groups in total. The highest BCUT2D eigenvalue weighted by Crippen LogP contribution is 2.41. The molecule has 0 unspecified atom stereocenters. The first-order valence-electron chi connectivity index (χ1n) is 11.0. The predicted octanol–water partition coefficient (Wildman–Crippen LogP) is 6.68. The Labute approximate surface area is 197 Å². The van der Waals surface area contributed by atoms with Crippen molar-refractivity contribution in [3.05, 3.63) is 64.8 Å². The molecule has 0 spiro atoms. The van der Waals surface area contributed by atoms with Crippen LogP contribution in [0.5, 0.6) is 5.75 Å². The predicted molar refractivity (Wildman–Crippen MR) is 134 cm³/mol. The van der Waals surface area contributed by atoms with Crippen LogP contribution in [0.15, 0.2) is 48.5 Å². The van der Waals surface area contributed by atoms with Gasteiger partial charge < -0.3 is 14.8 Å². The quantitative estimate of drug-likeness (QED) is 0.295. The molecule has 0 aliphatic rings. The molecule has 0 bridgehead atoms. The maximum atomic E-state index is 12.3. The van der Waals surface area contributed by atoms with E-state index in [4.69, 9.17) is 14.5 Å². The topological polar surface area (TPSA) is 73.3 Å². The molecule has 0 saturated carbocycles. The Morgan fingerprint density at radius 2 is 1.85 bits per heavy atom. The molecule has 0 amide bonds. The van der Waals surface area contributed by atoms with E-state index >= 15 is 0 Å². The van der Waals surface area contributed by atoms with Crippen molar-refractivity contribution in [2.24, 2.45) is 0 Å². The molecular formula is C26H27N3O3S. The number of hydrogen-bond acceptors (Lipinski definition) is 7. The van der Waals surface area contributed by atoms with E-state index in [-0.39, 0.29) is 5.97 Å². The summed E-state index contributed by atoms with van der Waals surface area (Å²) in [6.45, 7) is 8.96. The number of benzene rings is 2. The van der Waals surface area contributed by atoms with Crippen molar-refractivity contribution >= 4 is 39.0 Å². The molecule has 0 fully saturated rings. The lowest BCUT2D eigenvalue weighted by atomic mass is 10.0. The fourth-order valence-corrected chi connectivity index (χ4v) is 4.77. The van der Waals surface area contributed by atoms with E-state index < -0.39 is 0 Å². The van der Waals surface area contributed by atoms with Crippen LogP contribution in [0, 0.1) is 13.8 Å². The first kappa shape index (κ1) is 22.7. The Bertz CT molecular complexity index is 1280. The van der Waals surface area contributed by atoms with E-state index in [9.17, 15) is 4.79 Å². The highest BCUT2D eigenvalue weighted by molar-refractivity contribution is 7.19. The van der Waals surface area contributed by atoms with E-state index in [0.29, 0.717) is 30.4 Å². The second-order valence-electron chi connectivity index (χ2n) is 7.63. The third kappa shape index (κ3) is 4.98. The van der Waals surface area contributed by atoms with Gasteiger partial charge in [0.25, 0.3) is 0 Å². The fraction of sp³-hybridized carbons (Fsp3) is 0.269. The average Bonchev–Trinajstić information content (AvgIpc) is 3.14. The first-order valence-corrected chi connectivity index (χ1v) is 11.9. The summed E-state index contributed by atoms with van der Waals surface area (Å²) in [6.07, 6.45) is 0.785. The largest absolute Gasteiger partial charge is 0.494 e. The second-order valence-corrected chi connectivity index (χ2v) is 8.84. The van der Waals surface area contributed by atoms with Crippen LogP contribution in [0.1, 0.15) is 41.3 Å². The minimum atomic E-state index is -0.328. The smallest absolute Gasteiger partial charge is 0.338 e. The van der Waals surface area contributed by atoms with Crippen molar-refractivity contribution < 1.29 is 14.3 Å². The Morgan fingerprint density at radius 1 is 1.06 bits per heavy atom. The lowest BCUT2D eigenvalue weighted by Gasteiger charge is -2.12. The molecule has 6 nitrogen and oxygen atoms in total. The Hall–Kier alpha value is -3.45. The highest BCUT2D eigenvalue weighted by Gasteiger charge is 2.18. The van der Waals surface area contributed by atoms with Crippen molar-refractivity contribution in [3.63, 3.8) is 0 Å². The SMILES string of the molecule is CCCOC(=O)c1cccc(Nc2nc(C)nc3sc(C)c(-c4ccc(OCC)cc4)c23)c1. The Balaban J connectivity index is 1.75. The number of nitrogens with one attached hydrogen (secondary N) is 1. The Kier molecular flexibility index (Phi) is 6.89. The lowest BCUT2D eigenvalue weighted by molar-refractivity contribution is 0.0505. The number of thiophene rings is 1. The van der Waals surface area contributed by atoms with Crippen LogP contribution in [0.4, 0.5) is 11.5 Å². The van der Waals surface area contributed by atoms with Crippen LogP contribution in [0.3, 0.4) is 0 Å². The molecule has 0 aliphatic heterocycles. The molecule has 33 heavy (non-hydrogen) atoms. The third-order valence-corrected chi connectivity index (χ3v) is 6.09. The van der Waals surface area contributed by atoms with Gasteiger partial charge in [-0.05, 0) is 63.1 Å². The number of carbonyl (C=O) groups is 1. The zero-order chi connectivity index (χ0) is 23.4. The molecule has 2 aromatic carbocycles. The molecule has 0 aliphatic carbocycles. The fourth-order valence-electron chi connectivity index (χ4n) is 3.68. The molecule has 0 saturated heterocycles. The maximum absolute atomic E-state index is 12.3. The van der Waals surface area contributed by atoms with Crippen LogP contribution in [0.2, 0.25) is 0 Å². The summed E-state index contributed by atoms with van der Waals surface area (Å²) in [5, 5.41) is 4.38. The van der Waals surface area contributed by atoms with E-state index in [2.05, 4.69) is 29.4 Å². The van der Waals surface area contributed by atoms with E-state index in [1.54, 1.807) is 23.5 Å². The van der Waals surface area contributed by atoms with Crippen molar-refractivity contribution in [2.45, 2.75) is 34.1 Å². The summed E-state index contributed by atoms with van der Waals surface area (Å²) in [5.41, 5.74) is 3.44. The minimum absolute atomic E-state index is 0.328. The molecular weight excluding hydrogens is 434 g/mol. The summed E-state index contributed by atoms with van der Waals surface area (Å²) in [6, 6.07) is 15.4. The van der Waals surface area contributed by atoms with Gasteiger partial charge in [0.15, 0.2) is 0 Å². The van der Waals surface area contributed by atoms with Gasteiger partial charge in [-0.25, -0.2) is 14.8 Å². The van der Waals surface area contributed by atoms with Crippen molar-refractivity contribution in [2.75, 3.05) is 18.5 Å². The zero-order valence-corrected chi connectivity index (χ0v) is 20.1. The first-order chi connectivity index (χ1) is 16.0. The average molecular weight is 462 g/mol. The van der Waals surface area contributed by atoms with E-state index in [1.165, 1.54) is 0 Å². The normalized spacial score (nSPS) is 10.9. The van der Waals surface area contributed by atoms with E-state index in [1.807, 2.05) is 45.0 Å². The zero-order valence-electron chi connectivity index (χ0n) is 19.3. The molecule has 0 atom stereocenters. The summed E-state index contributed by atoms with van der Waals surface area (Å²) < 4.78 is 10.9. The van der Waals surface area contributed by atoms with Crippen LogP contribution in [-0.4, -0.2) is 29.2 Å². The van der Waals surface area contributed by atoms with Gasteiger partial charge in [-0.15, -0.1) is 11.3 Å². The second kappa shape index (κ2) is 10.0. The number of nitrogens with zero attached hydrogens (tertiary/aromatic N) is 2. The van der Waals surface area contributed by atoms with Gasteiger partial charge in [-0.2, -0.15) is 0 Å². The van der Waals surface area contributed by atoms with Crippen LogP contribution in [0.25, 0.3) is 21.3 Å². The van der Waals surface area contributed by atoms with Gasteiger partial charge in [-0.1, -0.05) is 25.1 Å². The summed E-state index contributed by atoms with van der Waals surface area (Å²) in [7, 11) is 0. The number of rotatable bonds is 8. The summed E-state index contributed by atoms with van der Waals surface area (Å²) in [4.78, 5) is 23.8. The number of aryl methyl sites for hydroxylation is 2. The molecule has 2 heterocycles. The summed E-state index contributed by atoms with van der Waals surface area (Å²) in [5.74, 6) is 1.91. The van der Waals surface area contributed by atoms with Crippen LogP contribution in [-0.2, 0) is 4.74 Å². The van der Waals surface area contributed by atoms with Gasteiger partial charge in [0.1, 0.15) is 22.2 Å². The number of esters is 1. The van der Waals surface area contributed by atoms with Crippen LogP contribution >= 0.6 is 11.3 Å². The number of fused-ring (bicyclic) bond motifs is 1. The monoisotopic (exact) mass is 461 g/mol. The lowest BCUT2D eigenvalue weighted by Crippen LogP contribution is -2.06. The van der Waals surface area contributed by atoms with Gasteiger partial charge >= 0.3 is 5.97 Å². The van der Waals surface area contributed by atoms with Gasteiger partial charge in [-0.3, -0.25) is 0 Å². The van der Waals surface area contributed by atoms with Gasteiger partial charge in [0, 0.05) is 16.1 Å². The maximum Gasteiger partial charge on any atom is 0.338 e. The van der Waals surface area contributed by atoms with Crippen molar-refractivity contribution in [3.8, 4) is 16.9 Å².